The number of hydrogen-bond donors (Lipinski definition) is 0. The van der Waals surface area contributed by atoms with Crippen LogP contribution in [-0.4, -0.2) is 42.9 Å². The predicted molar refractivity (Wildman–Crippen MR) is 87.0 cm³/mol. The van der Waals surface area contributed by atoms with E-state index in [1.54, 1.807) is 11.3 Å². The van der Waals surface area contributed by atoms with Crippen molar-refractivity contribution < 1.29 is 0 Å². The molecule has 2 atom stereocenters. The SMILES string of the molecule is CCCN1CCC2C(C1)c1cccc3c1N2CCCS3. The van der Waals surface area contributed by atoms with E-state index in [4.69, 9.17) is 0 Å². The summed E-state index contributed by atoms with van der Waals surface area (Å²) in [6.07, 6.45) is 3.97. The summed E-state index contributed by atoms with van der Waals surface area (Å²) in [5, 5.41) is 0. The maximum Gasteiger partial charge on any atom is 0.0543 e. The topological polar surface area (TPSA) is 6.48 Å². The molecule has 3 heteroatoms. The number of benzene rings is 1. The molecule has 0 spiro atoms. The monoisotopic (exact) mass is 288 g/mol. The van der Waals surface area contributed by atoms with Gasteiger partial charge in [-0.1, -0.05) is 19.1 Å². The molecule has 0 N–H and O–H groups in total. The van der Waals surface area contributed by atoms with Crippen molar-refractivity contribution in [2.45, 2.75) is 43.0 Å². The summed E-state index contributed by atoms with van der Waals surface area (Å²) in [6, 6.07) is 7.80. The molecule has 2 unspecified atom stereocenters. The standard InChI is InChI=1S/C17H24N2S/c1-2-8-18-10-7-15-14(12-18)13-5-3-6-16-17(13)19(15)9-4-11-20-16/h3,5-6,14-15H,2,4,7-12H2,1H3. The molecule has 1 saturated heterocycles. The highest BCUT2D eigenvalue weighted by Crippen LogP contribution is 2.50. The Hall–Kier alpha value is -0.670. The minimum Gasteiger partial charge on any atom is -0.367 e. The van der Waals surface area contributed by atoms with Crippen molar-refractivity contribution in [2.24, 2.45) is 0 Å². The number of thioether (sulfide) groups is 1. The third kappa shape index (κ3) is 1.98. The molecule has 3 aliphatic rings. The third-order valence-electron chi connectivity index (χ3n) is 5.12. The quantitative estimate of drug-likeness (QED) is 0.821. The number of fused-ring (bicyclic) bond motifs is 3. The van der Waals surface area contributed by atoms with Crippen LogP contribution >= 0.6 is 11.8 Å². The second-order valence-corrected chi connectivity index (χ2v) is 7.49. The van der Waals surface area contributed by atoms with Gasteiger partial charge in [0.05, 0.1) is 5.69 Å². The molecule has 0 bridgehead atoms. The van der Waals surface area contributed by atoms with Gasteiger partial charge in [-0.15, -0.1) is 11.8 Å². The molecule has 1 fully saturated rings. The lowest BCUT2D eigenvalue weighted by Gasteiger charge is -2.38. The summed E-state index contributed by atoms with van der Waals surface area (Å²) >= 11 is 2.07. The largest absolute Gasteiger partial charge is 0.367 e. The Bertz CT molecular complexity index is 502. The number of para-hydroxylation sites is 1. The summed E-state index contributed by atoms with van der Waals surface area (Å²) in [4.78, 5) is 6.98. The zero-order chi connectivity index (χ0) is 13.5. The number of rotatable bonds is 2. The summed E-state index contributed by atoms with van der Waals surface area (Å²) < 4.78 is 0. The Kier molecular flexibility index (Phi) is 3.43. The van der Waals surface area contributed by atoms with Crippen molar-refractivity contribution in [1.29, 1.82) is 0 Å². The minimum absolute atomic E-state index is 0.754. The maximum absolute atomic E-state index is 2.76. The van der Waals surface area contributed by atoms with Crippen molar-refractivity contribution in [3.8, 4) is 0 Å². The minimum atomic E-state index is 0.754. The second kappa shape index (κ2) is 5.27. The van der Waals surface area contributed by atoms with Crippen LogP contribution in [0.5, 0.6) is 0 Å². The van der Waals surface area contributed by atoms with Crippen LogP contribution in [0.25, 0.3) is 0 Å². The smallest absolute Gasteiger partial charge is 0.0543 e. The molecule has 0 aromatic heterocycles. The maximum atomic E-state index is 2.76. The molecular weight excluding hydrogens is 264 g/mol. The molecular formula is C17H24N2S. The van der Waals surface area contributed by atoms with Gasteiger partial charge in [-0.05, 0) is 43.2 Å². The van der Waals surface area contributed by atoms with Gasteiger partial charge in [0, 0.05) is 36.5 Å². The van der Waals surface area contributed by atoms with Gasteiger partial charge >= 0.3 is 0 Å². The van der Waals surface area contributed by atoms with Crippen molar-refractivity contribution in [3.63, 3.8) is 0 Å². The highest BCUT2D eigenvalue weighted by Gasteiger charge is 2.42. The first-order chi connectivity index (χ1) is 9.88. The van der Waals surface area contributed by atoms with Crippen molar-refractivity contribution in [2.75, 3.05) is 36.8 Å². The predicted octanol–water partition coefficient (Wildman–Crippen LogP) is 3.57. The first-order valence-corrected chi connectivity index (χ1v) is 9.11. The van der Waals surface area contributed by atoms with Crippen LogP contribution in [0.1, 0.15) is 37.7 Å². The van der Waals surface area contributed by atoms with Gasteiger partial charge in [-0.25, -0.2) is 0 Å². The summed E-state index contributed by atoms with van der Waals surface area (Å²) in [7, 11) is 0. The molecule has 2 nitrogen and oxygen atoms in total. The average molecular weight is 288 g/mol. The Morgan fingerprint density at radius 2 is 2.25 bits per heavy atom. The van der Waals surface area contributed by atoms with Gasteiger partial charge in [0.15, 0.2) is 0 Å². The molecule has 20 heavy (non-hydrogen) atoms. The lowest BCUT2D eigenvalue weighted by atomic mass is 9.89. The Balaban J connectivity index is 1.71. The highest BCUT2D eigenvalue weighted by molar-refractivity contribution is 7.99. The zero-order valence-electron chi connectivity index (χ0n) is 12.3. The van der Waals surface area contributed by atoms with Gasteiger partial charge in [-0.2, -0.15) is 0 Å². The molecule has 3 heterocycles. The average Bonchev–Trinajstić information content (AvgIpc) is 2.64. The number of hydrogen-bond acceptors (Lipinski definition) is 3. The Labute approximate surface area is 126 Å². The molecule has 1 aromatic rings. The normalized spacial score (nSPS) is 28.9. The van der Waals surface area contributed by atoms with Gasteiger partial charge in [0.25, 0.3) is 0 Å². The summed E-state index contributed by atoms with van der Waals surface area (Å²) in [5.41, 5.74) is 3.24. The van der Waals surface area contributed by atoms with Crippen molar-refractivity contribution in [3.05, 3.63) is 23.8 Å². The molecule has 4 rings (SSSR count). The summed E-state index contributed by atoms with van der Waals surface area (Å²) in [6.45, 7) is 7.41. The van der Waals surface area contributed by atoms with Crippen molar-refractivity contribution in [1.82, 2.24) is 4.90 Å². The molecule has 108 valence electrons. The van der Waals surface area contributed by atoms with Gasteiger partial charge in [0.2, 0.25) is 0 Å². The number of nitrogens with zero attached hydrogens (tertiary/aromatic N) is 2. The summed E-state index contributed by atoms with van der Waals surface area (Å²) in [5.74, 6) is 2.04. The van der Waals surface area contributed by atoms with E-state index in [2.05, 4.69) is 46.7 Å². The van der Waals surface area contributed by atoms with Crippen LogP contribution in [0.4, 0.5) is 5.69 Å². The van der Waals surface area contributed by atoms with E-state index in [-0.39, 0.29) is 0 Å². The first-order valence-electron chi connectivity index (χ1n) is 8.13. The van der Waals surface area contributed by atoms with Gasteiger partial charge < -0.3 is 9.80 Å². The highest BCUT2D eigenvalue weighted by atomic mass is 32.2. The molecule has 3 aliphatic heterocycles. The number of anilines is 1. The molecule has 0 radical (unpaired) electrons. The third-order valence-corrected chi connectivity index (χ3v) is 6.25. The molecule has 0 amide bonds. The second-order valence-electron chi connectivity index (χ2n) is 6.35. The van der Waals surface area contributed by atoms with E-state index >= 15 is 0 Å². The number of piperidine rings is 1. The fourth-order valence-corrected chi connectivity index (χ4v) is 5.37. The fraction of sp³-hybridized carbons (Fsp3) is 0.647. The van der Waals surface area contributed by atoms with Crippen molar-refractivity contribution >= 4 is 17.4 Å². The molecule has 0 saturated carbocycles. The Morgan fingerprint density at radius 3 is 3.15 bits per heavy atom. The Morgan fingerprint density at radius 1 is 1.30 bits per heavy atom. The molecule has 0 aliphatic carbocycles. The lowest BCUT2D eigenvalue weighted by Crippen LogP contribution is -2.46. The molecule has 1 aromatic carbocycles. The van der Waals surface area contributed by atoms with Crippen LogP contribution < -0.4 is 4.90 Å². The van der Waals surface area contributed by atoms with Crippen LogP contribution in [0, 0.1) is 0 Å². The van der Waals surface area contributed by atoms with E-state index in [1.807, 2.05) is 0 Å². The number of likely N-dealkylation sites (tertiary alicyclic amines) is 1. The van der Waals surface area contributed by atoms with Crippen LogP contribution in [0.2, 0.25) is 0 Å². The first kappa shape index (κ1) is 13.0. The zero-order valence-corrected chi connectivity index (χ0v) is 13.2. The fourth-order valence-electron chi connectivity index (χ4n) is 4.33. The van der Waals surface area contributed by atoms with Crippen LogP contribution in [0.3, 0.4) is 0 Å². The lowest BCUT2D eigenvalue weighted by molar-refractivity contribution is 0.193. The van der Waals surface area contributed by atoms with Crippen LogP contribution in [0.15, 0.2) is 23.1 Å². The van der Waals surface area contributed by atoms with Gasteiger partial charge in [-0.3, -0.25) is 0 Å². The van der Waals surface area contributed by atoms with E-state index in [1.165, 1.54) is 56.1 Å². The van der Waals surface area contributed by atoms with E-state index in [0.717, 1.165) is 12.0 Å². The van der Waals surface area contributed by atoms with Gasteiger partial charge in [0.1, 0.15) is 0 Å². The van der Waals surface area contributed by atoms with E-state index < -0.39 is 0 Å². The van der Waals surface area contributed by atoms with E-state index in [0.29, 0.717) is 0 Å². The van der Waals surface area contributed by atoms with Crippen LogP contribution in [-0.2, 0) is 0 Å². The van der Waals surface area contributed by atoms with E-state index in [9.17, 15) is 0 Å².